The summed E-state index contributed by atoms with van der Waals surface area (Å²) in [5.74, 6) is 1.84. The molecule has 0 unspecified atom stereocenters. The van der Waals surface area contributed by atoms with E-state index in [1.165, 1.54) is 0 Å². The minimum absolute atomic E-state index is 0. The molecule has 0 amide bonds. The molecule has 1 aromatic rings. The first-order valence-corrected chi connectivity index (χ1v) is 12.1. The molecule has 0 saturated carbocycles. The van der Waals surface area contributed by atoms with E-state index in [-0.39, 0.29) is 35.5 Å². The Morgan fingerprint density at radius 1 is 1.24 bits per heavy atom. The average Bonchev–Trinajstić information content (AvgIpc) is 2.69. The summed E-state index contributed by atoms with van der Waals surface area (Å²) < 4.78 is 30.0. The number of hydrogen-bond acceptors (Lipinski definition) is 4. The number of rotatable bonds is 10. The van der Waals surface area contributed by atoms with Gasteiger partial charge in [0.1, 0.15) is 0 Å². The summed E-state index contributed by atoms with van der Waals surface area (Å²) in [6, 6.07) is 9.34. The fraction of sp³-hybridized carbons (Fsp3) is 0.667. The molecule has 0 aromatic heterocycles. The second-order valence-electron chi connectivity index (χ2n) is 7.43. The smallest absolute Gasteiger partial charge is 0.193 e. The normalized spacial score (nSPS) is 15.6. The van der Waals surface area contributed by atoms with Crippen LogP contribution in [0.4, 0.5) is 0 Å². The maximum Gasteiger partial charge on any atom is 0.193 e. The van der Waals surface area contributed by atoms with Gasteiger partial charge in [-0.05, 0) is 44.1 Å². The van der Waals surface area contributed by atoms with Crippen LogP contribution in [0.3, 0.4) is 0 Å². The Balaban J connectivity index is 0.00000420. The van der Waals surface area contributed by atoms with Crippen LogP contribution in [0.2, 0.25) is 0 Å². The monoisotopic (exact) mass is 537 g/mol. The Bertz CT molecular complexity index is 692. The third kappa shape index (κ3) is 10.6. The summed E-state index contributed by atoms with van der Waals surface area (Å²) in [5.41, 5.74) is 0.840. The van der Waals surface area contributed by atoms with Crippen molar-refractivity contribution in [1.29, 1.82) is 0 Å². The molecule has 29 heavy (non-hydrogen) atoms. The molecule has 0 bridgehead atoms. The van der Waals surface area contributed by atoms with Gasteiger partial charge in [0.25, 0.3) is 0 Å². The molecule has 1 N–H and O–H groups in total. The molecule has 2 rings (SSSR count). The summed E-state index contributed by atoms with van der Waals surface area (Å²) >= 11 is 0. The minimum Gasteiger partial charge on any atom is -0.381 e. The Kier molecular flexibility index (Phi) is 12.8. The van der Waals surface area contributed by atoms with Gasteiger partial charge >= 0.3 is 0 Å². The maximum absolute atomic E-state index is 12.3. The highest BCUT2D eigenvalue weighted by Gasteiger charge is 2.16. The van der Waals surface area contributed by atoms with Crippen LogP contribution in [0.5, 0.6) is 0 Å². The van der Waals surface area contributed by atoms with Crippen LogP contribution < -0.4 is 5.32 Å². The highest BCUT2D eigenvalue weighted by Crippen LogP contribution is 2.18. The van der Waals surface area contributed by atoms with Gasteiger partial charge in [-0.15, -0.1) is 24.0 Å². The Morgan fingerprint density at radius 3 is 2.59 bits per heavy atom. The van der Waals surface area contributed by atoms with Crippen molar-refractivity contribution in [2.24, 2.45) is 10.9 Å². The minimum atomic E-state index is -3.10. The summed E-state index contributed by atoms with van der Waals surface area (Å²) in [4.78, 5) is 6.78. The standard InChI is InChI=1S/C21H35N3O3S.HI/c1-3-22-21(24(2)14-10-19-11-15-27-16-12-19)23-13-7-17-28(25,26)18-20-8-5-4-6-9-20;/h4-6,8-9,19H,3,7,10-18H2,1-2H3,(H,22,23);1H. The number of aliphatic imine (C=N–C) groups is 1. The number of nitrogens with zero attached hydrogens (tertiary/aromatic N) is 2. The van der Waals surface area contributed by atoms with Gasteiger partial charge in [-0.3, -0.25) is 4.99 Å². The van der Waals surface area contributed by atoms with Crippen LogP contribution in [-0.2, 0) is 20.3 Å². The third-order valence-corrected chi connectivity index (χ3v) is 6.70. The van der Waals surface area contributed by atoms with E-state index in [1.54, 1.807) is 0 Å². The molecular weight excluding hydrogens is 501 g/mol. The second kappa shape index (κ2) is 14.2. The quantitative estimate of drug-likeness (QED) is 0.215. The zero-order chi connectivity index (χ0) is 20.2. The van der Waals surface area contributed by atoms with Gasteiger partial charge < -0.3 is 15.0 Å². The van der Waals surface area contributed by atoms with Crippen molar-refractivity contribution in [3.8, 4) is 0 Å². The van der Waals surface area contributed by atoms with E-state index >= 15 is 0 Å². The molecule has 166 valence electrons. The van der Waals surface area contributed by atoms with Crippen LogP contribution in [0.1, 0.15) is 38.2 Å². The van der Waals surface area contributed by atoms with Crippen LogP contribution >= 0.6 is 24.0 Å². The molecule has 0 radical (unpaired) electrons. The fourth-order valence-corrected chi connectivity index (χ4v) is 4.77. The van der Waals surface area contributed by atoms with Gasteiger partial charge in [0.2, 0.25) is 0 Å². The van der Waals surface area contributed by atoms with E-state index in [1.807, 2.05) is 44.3 Å². The molecule has 6 nitrogen and oxygen atoms in total. The van der Waals surface area contributed by atoms with Crippen LogP contribution in [-0.4, -0.2) is 64.9 Å². The van der Waals surface area contributed by atoms with Gasteiger partial charge in [-0.1, -0.05) is 30.3 Å². The number of benzene rings is 1. The number of sulfone groups is 1. The number of hydrogen-bond donors (Lipinski definition) is 1. The molecule has 1 fully saturated rings. The van der Waals surface area contributed by atoms with Gasteiger partial charge in [0, 0.05) is 39.9 Å². The Hall–Kier alpha value is -0.870. The molecule has 8 heteroatoms. The Morgan fingerprint density at radius 2 is 1.93 bits per heavy atom. The van der Waals surface area contributed by atoms with Crippen molar-refractivity contribution >= 4 is 39.8 Å². The molecule has 1 aromatic carbocycles. The third-order valence-electron chi connectivity index (χ3n) is 5.01. The van der Waals surface area contributed by atoms with Crippen LogP contribution in [0.25, 0.3) is 0 Å². The van der Waals surface area contributed by atoms with E-state index in [9.17, 15) is 8.42 Å². The first kappa shape index (κ1) is 26.2. The molecule has 0 aliphatic carbocycles. The topological polar surface area (TPSA) is 71.0 Å². The SMILES string of the molecule is CCNC(=NCCCS(=O)(=O)Cc1ccccc1)N(C)CCC1CCOCC1.I. The highest BCUT2D eigenvalue weighted by molar-refractivity contribution is 14.0. The number of ether oxygens (including phenoxy) is 1. The lowest BCUT2D eigenvalue weighted by Crippen LogP contribution is -2.40. The van der Waals surface area contributed by atoms with Crippen molar-refractivity contribution in [3.63, 3.8) is 0 Å². The molecule has 1 heterocycles. The zero-order valence-corrected chi connectivity index (χ0v) is 20.8. The van der Waals surface area contributed by atoms with Crippen molar-refractivity contribution in [3.05, 3.63) is 35.9 Å². The molecule has 1 aliphatic heterocycles. The molecule has 0 atom stereocenters. The van der Waals surface area contributed by atoms with E-state index in [0.29, 0.717) is 13.0 Å². The van der Waals surface area contributed by atoms with Crippen molar-refractivity contribution in [2.45, 2.75) is 38.4 Å². The average molecular weight is 538 g/mol. The number of halogens is 1. The summed E-state index contributed by atoms with van der Waals surface area (Å²) in [6.45, 7) is 6.06. The van der Waals surface area contributed by atoms with Crippen molar-refractivity contribution in [2.75, 3.05) is 45.6 Å². The van der Waals surface area contributed by atoms with Gasteiger partial charge in [-0.25, -0.2) is 8.42 Å². The Labute approximate surface area is 193 Å². The first-order valence-electron chi connectivity index (χ1n) is 10.3. The lowest BCUT2D eigenvalue weighted by atomic mass is 9.96. The van der Waals surface area contributed by atoms with E-state index < -0.39 is 9.84 Å². The van der Waals surface area contributed by atoms with Gasteiger partial charge in [0.15, 0.2) is 15.8 Å². The molecule has 1 saturated heterocycles. The van der Waals surface area contributed by atoms with Crippen molar-refractivity contribution < 1.29 is 13.2 Å². The summed E-state index contributed by atoms with van der Waals surface area (Å²) in [6.07, 6.45) is 3.95. The number of nitrogens with one attached hydrogen (secondary N) is 1. The highest BCUT2D eigenvalue weighted by atomic mass is 127. The maximum atomic E-state index is 12.3. The number of guanidine groups is 1. The molecular formula is C21H36IN3O3S. The van der Waals surface area contributed by atoms with E-state index in [2.05, 4.69) is 15.2 Å². The predicted octanol–water partition coefficient (Wildman–Crippen LogP) is 3.32. The first-order chi connectivity index (χ1) is 13.5. The lowest BCUT2D eigenvalue weighted by Gasteiger charge is -2.26. The molecule has 0 spiro atoms. The second-order valence-corrected chi connectivity index (χ2v) is 9.62. The predicted molar refractivity (Wildman–Crippen MR) is 131 cm³/mol. The van der Waals surface area contributed by atoms with Crippen LogP contribution in [0, 0.1) is 5.92 Å². The van der Waals surface area contributed by atoms with Gasteiger partial charge in [0.05, 0.1) is 11.5 Å². The summed E-state index contributed by atoms with van der Waals surface area (Å²) in [5, 5.41) is 3.31. The zero-order valence-electron chi connectivity index (χ0n) is 17.7. The summed E-state index contributed by atoms with van der Waals surface area (Å²) in [7, 11) is -1.06. The van der Waals surface area contributed by atoms with E-state index in [4.69, 9.17) is 4.74 Å². The largest absolute Gasteiger partial charge is 0.381 e. The van der Waals surface area contributed by atoms with Crippen LogP contribution in [0.15, 0.2) is 35.3 Å². The molecule has 1 aliphatic rings. The van der Waals surface area contributed by atoms with Gasteiger partial charge in [-0.2, -0.15) is 0 Å². The fourth-order valence-electron chi connectivity index (χ4n) is 3.36. The lowest BCUT2D eigenvalue weighted by molar-refractivity contribution is 0.0625. The van der Waals surface area contributed by atoms with E-state index in [0.717, 1.165) is 63.0 Å². The van der Waals surface area contributed by atoms with Crippen molar-refractivity contribution in [1.82, 2.24) is 10.2 Å².